The van der Waals surface area contributed by atoms with E-state index in [1.165, 1.54) is 18.4 Å². The van der Waals surface area contributed by atoms with E-state index in [1.807, 2.05) is 12.1 Å². The van der Waals surface area contributed by atoms with Crippen molar-refractivity contribution in [2.75, 3.05) is 26.2 Å². The second-order valence-corrected chi connectivity index (χ2v) is 6.17. The number of nitrogens with zero attached hydrogens (tertiary/aromatic N) is 1. The van der Waals surface area contributed by atoms with E-state index in [0.717, 1.165) is 30.8 Å². The molecule has 1 aliphatic rings. The zero-order chi connectivity index (χ0) is 15.2. The van der Waals surface area contributed by atoms with Crippen molar-refractivity contribution in [1.29, 1.82) is 0 Å². The number of carbonyl (C=O) groups excluding carboxylic acids is 1. The predicted octanol–water partition coefficient (Wildman–Crippen LogP) is 3.88. The SMILES string of the molecule is CCCOc1ccc(C(C)C)cc1C(=O)CN1CCCC1. The maximum Gasteiger partial charge on any atom is 0.180 e. The first kappa shape index (κ1) is 16.0. The van der Waals surface area contributed by atoms with Gasteiger partial charge < -0.3 is 4.74 Å². The van der Waals surface area contributed by atoms with Gasteiger partial charge in [0.25, 0.3) is 0 Å². The zero-order valence-electron chi connectivity index (χ0n) is 13.5. The van der Waals surface area contributed by atoms with Crippen molar-refractivity contribution in [3.63, 3.8) is 0 Å². The van der Waals surface area contributed by atoms with Crippen molar-refractivity contribution in [1.82, 2.24) is 4.90 Å². The number of ketones is 1. The molecule has 0 atom stereocenters. The number of ether oxygens (including phenoxy) is 1. The highest BCUT2D eigenvalue weighted by atomic mass is 16.5. The quantitative estimate of drug-likeness (QED) is 0.713. The molecule has 3 heteroatoms. The third kappa shape index (κ3) is 4.31. The van der Waals surface area contributed by atoms with E-state index in [0.29, 0.717) is 19.1 Å². The summed E-state index contributed by atoms with van der Waals surface area (Å²) in [5, 5.41) is 0. The lowest BCUT2D eigenvalue weighted by Gasteiger charge is -2.17. The average molecular weight is 289 g/mol. The molecule has 1 aromatic rings. The summed E-state index contributed by atoms with van der Waals surface area (Å²) >= 11 is 0. The molecular weight excluding hydrogens is 262 g/mol. The predicted molar refractivity (Wildman–Crippen MR) is 86.3 cm³/mol. The van der Waals surface area contributed by atoms with Gasteiger partial charge in [0.1, 0.15) is 5.75 Å². The molecule has 0 bridgehead atoms. The lowest BCUT2D eigenvalue weighted by atomic mass is 9.98. The zero-order valence-corrected chi connectivity index (χ0v) is 13.5. The Morgan fingerprint density at radius 2 is 2.00 bits per heavy atom. The summed E-state index contributed by atoms with van der Waals surface area (Å²) in [6.45, 7) is 9.64. The summed E-state index contributed by atoms with van der Waals surface area (Å²) in [6, 6.07) is 6.05. The smallest absolute Gasteiger partial charge is 0.180 e. The van der Waals surface area contributed by atoms with Crippen LogP contribution in [0.25, 0.3) is 0 Å². The van der Waals surface area contributed by atoms with Crippen LogP contribution in [0.4, 0.5) is 0 Å². The molecule has 0 saturated carbocycles. The minimum Gasteiger partial charge on any atom is -0.493 e. The Morgan fingerprint density at radius 3 is 2.62 bits per heavy atom. The lowest BCUT2D eigenvalue weighted by Crippen LogP contribution is -2.27. The standard InChI is InChI=1S/C18H27NO2/c1-4-11-21-18-8-7-15(14(2)3)12-16(18)17(20)13-19-9-5-6-10-19/h7-8,12,14H,4-6,9-11,13H2,1-3H3. The summed E-state index contributed by atoms with van der Waals surface area (Å²) in [6.07, 6.45) is 3.36. The normalized spacial score (nSPS) is 15.6. The van der Waals surface area contributed by atoms with Crippen molar-refractivity contribution in [2.45, 2.75) is 46.0 Å². The van der Waals surface area contributed by atoms with Gasteiger partial charge in [0, 0.05) is 0 Å². The first-order valence-electron chi connectivity index (χ1n) is 8.14. The average Bonchev–Trinajstić information content (AvgIpc) is 2.97. The van der Waals surface area contributed by atoms with Crippen LogP contribution >= 0.6 is 0 Å². The number of likely N-dealkylation sites (tertiary alicyclic amines) is 1. The number of benzene rings is 1. The molecule has 1 fully saturated rings. The molecule has 0 spiro atoms. The molecule has 2 rings (SSSR count). The van der Waals surface area contributed by atoms with Gasteiger partial charge in [-0.15, -0.1) is 0 Å². The van der Waals surface area contributed by atoms with Crippen LogP contribution in [-0.4, -0.2) is 36.9 Å². The first-order chi connectivity index (χ1) is 10.1. The third-order valence-electron chi connectivity index (χ3n) is 4.00. The maximum absolute atomic E-state index is 12.6. The number of rotatable bonds is 7. The van der Waals surface area contributed by atoms with Crippen LogP contribution in [0.2, 0.25) is 0 Å². The number of hydrogen-bond acceptors (Lipinski definition) is 3. The molecule has 0 aromatic heterocycles. The summed E-state index contributed by atoms with van der Waals surface area (Å²) in [5.41, 5.74) is 1.95. The Hall–Kier alpha value is -1.35. The van der Waals surface area contributed by atoms with Gasteiger partial charge >= 0.3 is 0 Å². The van der Waals surface area contributed by atoms with E-state index in [2.05, 4.69) is 31.7 Å². The van der Waals surface area contributed by atoms with Crippen molar-refractivity contribution in [3.05, 3.63) is 29.3 Å². The Kier molecular flexibility index (Phi) is 5.80. The highest BCUT2D eigenvalue weighted by molar-refractivity contribution is 6.00. The molecule has 0 amide bonds. The molecule has 21 heavy (non-hydrogen) atoms. The van der Waals surface area contributed by atoms with Gasteiger partial charge in [-0.2, -0.15) is 0 Å². The van der Waals surface area contributed by atoms with Gasteiger partial charge in [0.05, 0.1) is 18.7 Å². The van der Waals surface area contributed by atoms with E-state index in [9.17, 15) is 4.79 Å². The van der Waals surface area contributed by atoms with Crippen LogP contribution in [0, 0.1) is 0 Å². The summed E-state index contributed by atoms with van der Waals surface area (Å²) in [4.78, 5) is 14.9. The fourth-order valence-electron chi connectivity index (χ4n) is 2.69. The molecule has 1 aromatic carbocycles. The fourth-order valence-corrected chi connectivity index (χ4v) is 2.69. The topological polar surface area (TPSA) is 29.5 Å². The molecule has 0 unspecified atom stereocenters. The first-order valence-corrected chi connectivity index (χ1v) is 8.14. The minimum atomic E-state index is 0.186. The van der Waals surface area contributed by atoms with Gasteiger partial charge in [0.15, 0.2) is 5.78 Å². The lowest BCUT2D eigenvalue weighted by molar-refractivity contribution is 0.0941. The molecule has 1 saturated heterocycles. The van der Waals surface area contributed by atoms with Gasteiger partial charge in [-0.3, -0.25) is 9.69 Å². The van der Waals surface area contributed by atoms with Crippen LogP contribution in [0.3, 0.4) is 0 Å². The molecule has 1 heterocycles. The van der Waals surface area contributed by atoms with Crippen LogP contribution < -0.4 is 4.74 Å². The molecule has 3 nitrogen and oxygen atoms in total. The van der Waals surface area contributed by atoms with Gasteiger partial charge in [-0.1, -0.05) is 26.8 Å². The molecule has 116 valence electrons. The molecular formula is C18H27NO2. The van der Waals surface area contributed by atoms with Gasteiger partial charge in [0.2, 0.25) is 0 Å². The summed E-state index contributed by atoms with van der Waals surface area (Å²) in [7, 11) is 0. The fraction of sp³-hybridized carbons (Fsp3) is 0.611. The number of carbonyl (C=O) groups is 1. The monoisotopic (exact) mass is 289 g/mol. The minimum absolute atomic E-state index is 0.186. The van der Waals surface area contributed by atoms with E-state index < -0.39 is 0 Å². The van der Waals surface area contributed by atoms with E-state index >= 15 is 0 Å². The summed E-state index contributed by atoms with van der Waals surface area (Å²) < 4.78 is 5.77. The Morgan fingerprint density at radius 1 is 1.29 bits per heavy atom. The van der Waals surface area contributed by atoms with Crippen molar-refractivity contribution < 1.29 is 9.53 Å². The van der Waals surface area contributed by atoms with Crippen LogP contribution in [-0.2, 0) is 0 Å². The van der Waals surface area contributed by atoms with Crippen LogP contribution in [0.5, 0.6) is 5.75 Å². The second-order valence-electron chi connectivity index (χ2n) is 6.17. The van der Waals surface area contributed by atoms with Crippen LogP contribution in [0.1, 0.15) is 61.9 Å². The van der Waals surface area contributed by atoms with Gasteiger partial charge in [-0.25, -0.2) is 0 Å². The molecule has 1 aliphatic heterocycles. The third-order valence-corrected chi connectivity index (χ3v) is 4.00. The Balaban J connectivity index is 2.19. The Labute approximate surface area is 128 Å². The maximum atomic E-state index is 12.6. The highest BCUT2D eigenvalue weighted by Gasteiger charge is 2.20. The van der Waals surface area contributed by atoms with Crippen molar-refractivity contribution in [2.24, 2.45) is 0 Å². The molecule has 0 N–H and O–H groups in total. The van der Waals surface area contributed by atoms with E-state index in [1.54, 1.807) is 0 Å². The molecule has 0 radical (unpaired) electrons. The van der Waals surface area contributed by atoms with E-state index in [-0.39, 0.29) is 5.78 Å². The molecule has 0 aliphatic carbocycles. The number of Topliss-reactive ketones (excluding diaryl/α,β-unsaturated/α-hetero) is 1. The number of hydrogen-bond donors (Lipinski definition) is 0. The largest absolute Gasteiger partial charge is 0.493 e. The van der Waals surface area contributed by atoms with Crippen molar-refractivity contribution in [3.8, 4) is 5.75 Å². The van der Waals surface area contributed by atoms with Crippen molar-refractivity contribution >= 4 is 5.78 Å². The van der Waals surface area contributed by atoms with E-state index in [4.69, 9.17) is 4.74 Å². The van der Waals surface area contributed by atoms with Gasteiger partial charge in [-0.05, 0) is 56.0 Å². The second kappa shape index (κ2) is 7.60. The highest BCUT2D eigenvalue weighted by Crippen LogP contribution is 2.25. The Bertz CT molecular complexity index is 476. The van der Waals surface area contributed by atoms with Crippen LogP contribution in [0.15, 0.2) is 18.2 Å². The summed E-state index contributed by atoms with van der Waals surface area (Å²) in [5.74, 6) is 1.35.